The Morgan fingerprint density at radius 2 is 1.93 bits per heavy atom. The molecule has 0 bridgehead atoms. The Morgan fingerprint density at radius 3 is 2.63 bits per heavy atom. The van der Waals surface area contributed by atoms with Crippen LogP contribution in [0.2, 0.25) is 0 Å². The van der Waals surface area contributed by atoms with Crippen LogP contribution in [0.1, 0.15) is 32.1 Å². The van der Waals surface area contributed by atoms with E-state index in [1.807, 2.05) is 47.3 Å². The minimum absolute atomic E-state index is 0.170. The maximum absolute atomic E-state index is 12.5. The number of carbonyl (C=O) groups excluding carboxylic acids is 1. The maximum Gasteiger partial charge on any atom is 0.223 e. The number of methoxy groups -OCH3 is 1. The second-order valence-electron chi connectivity index (χ2n) is 7.73. The minimum atomic E-state index is 0.170. The lowest BCUT2D eigenvalue weighted by molar-refractivity contribution is -0.125. The fourth-order valence-corrected chi connectivity index (χ4v) is 4.03. The van der Waals surface area contributed by atoms with Gasteiger partial charge in [0.2, 0.25) is 5.91 Å². The molecule has 156 valence electrons. The molecular formula is C24H28N4O2. The number of aromatic nitrogens is 3. The van der Waals surface area contributed by atoms with Gasteiger partial charge in [-0.15, -0.1) is 0 Å². The van der Waals surface area contributed by atoms with Crippen LogP contribution in [0.4, 0.5) is 0 Å². The molecule has 0 aliphatic heterocycles. The summed E-state index contributed by atoms with van der Waals surface area (Å²) in [5.74, 6) is 1.17. The molecule has 1 amide bonds. The predicted octanol–water partition coefficient (Wildman–Crippen LogP) is 4.32. The predicted molar refractivity (Wildman–Crippen MR) is 117 cm³/mol. The van der Waals surface area contributed by atoms with Crippen LogP contribution in [0.15, 0.2) is 54.9 Å². The first-order valence-electron chi connectivity index (χ1n) is 10.6. The summed E-state index contributed by atoms with van der Waals surface area (Å²) in [5.41, 5.74) is 3.89. The van der Waals surface area contributed by atoms with Crippen LogP contribution in [0.3, 0.4) is 0 Å². The van der Waals surface area contributed by atoms with Gasteiger partial charge in [-0.25, -0.2) is 0 Å². The monoisotopic (exact) mass is 404 g/mol. The lowest BCUT2D eigenvalue weighted by atomic mass is 9.89. The fraction of sp³-hybridized carbons (Fsp3) is 0.375. The van der Waals surface area contributed by atoms with Crippen molar-refractivity contribution in [2.24, 2.45) is 5.92 Å². The molecule has 4 rings (SSSR count). The Labute approximate surface area is 177 Å². The van der Waals surface area contributed by atoms with Gasteiger partial charge in [0, 0.05) is 36.0 Å². The second-order valence-corrected chi connectivity index (χ2v) is 7.73. The first-order chi connectivity index (χ1) is 14.7. The van der Waals surface area contributed by atoms with Gasteiger partial charge in [0.15, 0.2) is 0 Å². The Hall–Kier alpha value is -3.15. The number of nitrogens with one attached hydrogen (secondary N) is 1. The summed E-state index contributed by atoms with van der Waals surface area (Å²) in [6.45, 7) is 1.17. The van der Waals surface area contributed by atoms with Gasteiger partial charge in [0.1, 0.15) is 5.75 Å². The van der Waals surface area contributed by atoms with E-state index in [0.717, 1.165) is 53.9 Å². The summed E-state index contributed by atoms with van der Waals surface area (Å²) in [6, 6.07) is 13.9. The Balaban J connectivity index is 1.51. The van der Waals surface area contributed by atoms with Gasteiger partial charge in [0.05, 0.1) is 25.0 Å². The zero-order chi connectivity index (χ0) is 20.8. The third-order valence-electron chi connectivity index (χ3n) is 5.72. The minimum Gasteiger partial charge on any atom is -0.497 e. The first-order valence-corrected chi connectivity index (χ1v) is 10.6. The number of rotatable bonds is 7. The van der Waals surface area contributed by atoms with Crippen LogP contribution in [-0.4, -0.2) is 34.3 Å². The average Bonchev–Trinajstić information content (AvgIpc) is 3.24. The quantitative estimate of drug-likeness (QED) is 0.637. The highest BCUT2D eigenvalue weighted by Crippen LogP contribution is 2.27. The van der Waals surface area contributed by atoms with Crippen molar-refractivity contribution in [3.8, 4) is 28.3 Å². The molecule has 6 heteroatoms. The van der Waals surface area contributed by atoms with Crippen molar-refractivity contribution < 1.29 is 9.53 Å². The van der Waals surface area contributed by atoms with Crippen LogP contribution < -0.4 is 10.1 Å². The standard InChI is InChI=1S/C24H28N4O2/c1-30-21-11-9-18(10-12-21)22-16-23(20-8-5-13-25-17-20)28(27-22)15-14-26-24(29)19-6-3-2-4-7-19/h5,8-13,16-17,19H,2-4,6-7,14-15H2,1H3,(H,26,29). The summed E-state index contributed by atoms with van der Waals surface area (Å²) in [7, 11) is 1.66. The number of carbonyl (C=O) groups is 1. The topological polar surface area (TPSA) is 69.0 Å². The molecule has 0 unspecified atom stereocenters. The van der Waals surface area contributed by atoms with Crippen molar-refractivity contribution in [2.45, 2.75) is 38.6 Å². The number of benzene rings is 1. The van der Waals surface area contributed by atoms with Gasteiger partial charge in [0.25, 0.3) is 0 Å². The highest BCUT2D eigenvalue weighted by atomic mass is 16.5. The number of nitrogens with zero attached hydrogens (tertiary/aromatic N) is 3. The van der Waals surface area contributed by atoms with Crippen molar-refractivity contribution >= 4 is 5.91 Å². The summed E-state index contributed by atoms with van der Waals surface area (Å²) in [4.78, 5) is 16.7. The van der Waals surface area contributed by atoms with Gasteiger partial charge in [-0.3, -0.25) is 14.5 Å². The third-order valence-corrected chi connectivity index (χ3v) is 5.72. The zero-order valence-electron chi connectivity index (χ0n) is 17.4. The smallest absolute Gasteiger partial charge is 0.223 e. The van der Waals surface area contributed by atoms with Gasteiger partial charge in [-0.05, 0) is 55.3 Å². The van der Waals surface area contributed by atoms with Crippen molar-refractivity contribution in [3.05, 3.63) is 54.9 Å². The molecule has 0 saturated heterocycles. The molecule has 3 aromatic rings. The van der Waals surface area contributed by atoms with Crippen LogP contribution in [0.25, 0.3) is 22.5 Å². The molecule has 1 aromatic carbocycles. The molecule has 1 N–H and O–H groups in total. The highest BCUT2D eigenvalue weighted by molar-refractivity contribution is 5.78. The van der Waals surface area contributed by atoms with E-state index < -0.39 is 0 Å². The Morgan fingerprint density at radius 1 is 1.13 bits per heavy atom. The van der Waals surface area contributed by atoms with E-state index in [0.29, 0.717) is 13.1 Å². The normalized spacial score (nSPS) is 14.4. The van der Waals surface area contributed by atoms with E-state index >= 15 is 0 Å². The average molecular weight is 405 g/mol. The van der Waals surface area contributed by atoms with Crippen molar-refractivity contribution in [1.29, 1.82) is 0 Å². The maximum atomic E-state index is 12.5. The van der Waals surface area contributed by atoms with Crippen LogP contribution >= 0.6 is 0 Å². The molecule has 2 heterocycles. The summed E-state index contributed by atoms with van der Waals surface area (Å²) >= 11 is 0. The lowest BCUT2D eigenvalue weighted by Gasteiger charge is -2.20. The molecule has 0 radical (unpaired) electrons. The SMILES string of the molecule is COc1ccc(-c2cc(-c3cccnc3)n(CCNC(=O)C3CCCCC3)n2)cc1. The Kier molecular flexibility index (Phi) is 6.42. The molecule has 1 fully saturated rings. The molecule has 1 saturated carbocycles. The van der Waals surface area contributed by atoms with Crippen LogP contribution in [0.5, 0.6) is 5.75 Å². The van der Waals surface area contributed by atoms with E-state index in [1.165, 1.54) is 6.42 Å². The van der Waals surface area contributed by atoms with Gasteiger partial charge in [-0.2, -0.15) is 5.10 Å². The molecule has 1 aliphatic carbocycles. The van der Waals surface area contributed by atoms with E-state index in [-0.39, 0.29) is 11.8 Å². The second kappa shape index (κ2) is 9.57. The van der Waals surface area contributed by atoms with E-state index in [1.54, 1.807) is 13.3 Å². The van der Waals surface area contributed by atoms with Gasteiger partial charge >= 0.3 is 0 Å². The number of hydrogen-bond acceptors (Lipinski definition) is 4. The van der Waals surface area contributed by atoms with Crippen molar-refractivity contribution in [2.75, 3.05) is 13.7 Å². The summed E-state index contributed by atoms with van der Waals surface area (Å²) in [6.07, 6.45) is 9.19. The molecule has 1 aliphatic rings. The van der Waals surface area contributed by atoms with E-state index in [9.17, 15) is 4.79 Å². The Bertz CT molecular complexity index is 961. The first kappa shape index (κ1) is 20.1. The molecule has 6 nitrogen and oxygen atoms in total. The molecule has 2 aromatic heterocycles. The van der Waals surface area contributed by atoms with Gasteiger partial charge in [-0.1, -0.05) is 19.3 Å². The summed E-state index contributed by atoms with van der Waals surface area (Å²) < 4.78 is 7.21. The number of ether oxygens (including phenoxy) is 1. The number of pyridine rings is 1. The molecule has 0 spiro atoms. The van der Waals surface area contributed by atoms with Crippen molar-refractivity contribution in [1.82, 2.24) is 20.1 Å². The highest BCUT2D eigenvalue weighted by Gasteiger charge is 2.20. The molecule has 30 heavy (non-hydrogen) atoms. The zero-order valence-corrected chi connectivity index (χ0v) is 17.4. The largest absolute Gasteiger partial charge is 0.497 e. The number of amides is 1. The third kappa shape index (κ3) is 4.70. The van der Waals surface area contributed by atoms with Gasteiger partial charge < -0.3 is 10.1 Å². The fourth-order valence-electron chi connectivity index (χ4n) is 4.03. The lowest BCUT2D eigenvalue weighted by Crippen LogP contribution is -2.34. The van der Waals surface area contributed by atoms with E-state index in [4.69, 9.17) is 9.84 Å². The molecule has 0 atom stereocenters. The molecular weight excluding hydrogens is 376 g/mol. The van der Waals surface area contributed by atoms with Crippen molar-refractivity contribution in [3.63, 3.8) is 0 Å². The van der Waals surface area contributed by atoms with Crippen LogP contribution in [0, 0.1) is 5.92 Å². The van der Waals surface area contributed by atoms with Crippen LogP contribution in [-0.2, 0) is 11.3 Å². The number of hydrogen-bond donors (Lipinski definition) is 1. The summed E-state index contributed by atoms with van der Waals surface area (Å²) in [5, 5.41) is 7.93. The van der Waals surface area contributed by atoms with E-state index in [2.05, 4.69) is 16.4 Å².